The molecule has 1 unspecified atom stereocenters. The van der Waals surface area contributed by atoms with Gasteiger partial charge in [-0.15, -0.1) is 0 Å². The molecule has 100 valence electrons. The van der Waals surface area contributed by atoms with Crippen LogP contribution >= 0.6 is 0 Å². The molecule has 1 atom stereocenters. The van der Waals surface area contributed by atoms with Crippen LogP contribution < -0.4 is 5.32 Å². The maximum atomic E-state index is 13.4. The largest absolute Gasteiger partial charge is 0.388 e. The van der Waals surface area contributed by atoms with Gasteiger partial charge in [-0.25, -0.2) is 8.78 Å². The van der Waals surface area contributed by atoms with Crippen LogP contribution in [0.2, 0.25) is 0 Å². The maximum absolute atomic E-state index is 13.4. The summed E-state index contributed by atoms with van der Waals surface area (Å²) < 4.78 is 26.2. The molecule has 1 aromatic rings. The Morgan fingerprint density at radius 2 is 2.00 bits per heavy atom. The molecule has 0 radical (unpaired) electrons. The standard InChI is InChI=1S/C13H18F2N2O/c14-10-1-2-11(12(15)9-10)13(18)3-6-17-7-4-16-5-8-17/h1-2,9,13,16,18H,3-8H2. The quantitative estimate of drug-likeness (QED) is 0.852. The van der Waals surface area contributed by atoms with Gasteiger partial charge in [-0.1, -0.05) is 6.07 Å². The molecular weight excluding hydrogens is 238 g/mol. The Morgan fingerprint density at radius 1 is 1.28 bits per heavy atom. The van der Waals surface area contributed by atoms with E-state index in [1.54, 1.807) is 0 Å². The minimum absolute atomic E-state index is 0.173. The molecule has 0 aliphatic carbocycles. The number of benzene rings is 1. The molecule has 2 rings (SSSR count). The molecule has 1 aliphatic heterocycles. The Hall–Kier alpha value is -1.04. The lowest BCUT2D eigenvalue weighted by Gasteiger charge is -2.28. The first-order valence-electron chi connectivity index (χ1n) is 6.23. The van der Waals surface area contributed by atoms with Crippen molar-refractivity contribution in [1.82, 2.24) is 10.2 Å². The van der Waals surface area contributed by atoms with E-state index in [1.165, 1.54) is 12.1 Å². The minimum Gasteiger partial charge on any atom is -0.388 e. The molecule has 0 spiro atoms. The van der Waals surface area contributed by atoms with Crippen LogP contribution in [0.4, 0.5) is 8.78 Å². The van der Waals surface area contributed by atoms with Gasteiger partial charge in [-0.3, -0.25) is 0 Å². The molecule has 18 heavy (non-hydrogen) atoms. The number of halogens is 2. The molecular formula is C13H18F2N2O. The number of piperazine rings is 1. The number of rotatable bonds is 4. The lowest BCUT2D eigenvalue weighted by atomic mass is 10.1. The van der Waals surface area contributed by atoms with Gasteiger partial charge in [-0.2, -0.15) is 0 Å². The van der Waals surface area contributed by atoms with Crippen molar-refractivity contribution in [3.63, 3.8) is 0 Å². The third-order valence-corrected chi connectivity index (χ3v) is 3.25. The van der Waals surface area contributed by atoms with Crippen LogP contribution in [0.5, 0.6) is 0 Å². The van der Waals surface area contributed by atoms with Crippen LogP contribution in [-0.4, -0.2) is 42.7 Å². The molecule has 0 aromatic heterocycles. The first-order chi connectivity index (χ1) is 8.66. The molecule has 1 aromatic carbocycles. The van der Waals surface area contributed by atoms with Gasteiger partial charge in [0.2, 0.25) is 0 Å². The lowest BCUT2D eigenvalue weighted by Crippen LogP contribution is -2.44. The fraction of sp³-hybridized carbons (Fsp3) is 0.538. The van der Waals surface area contributed by atoms with E-state index in [9.17, 15) is 13.9 Å². The molecule has 1 aliphatic rings. The average Bonchev–Trinajstić information content (AvgIpc) is 2.37. The van der Waals surface area contributed by atoms with Crippen LogP contribution in [0, 0.1) is 11.6 Å². The highest BCUT2D eigenvalue weighted by Gasteiger charge is 2.16. The predicted molar refractivity (Wildman–Crippen MR) is 65.2 cm³/mol. The van der Waals surface area contributed by atoms with Crippen molar-refractivity contribution in [3.8, 4) is 0 Å². The van der Waals surface area contributed by atoms with E-state index in [2.05, 4.69) is 10.2 Å². The first kappa shape index (κ1) is 13.4. The van der Waals surface area contributed by atoms with Gasteiger partial charge in [0.05, 0.1) is 6.10 Å². The van der Waals surface area contributed by atoms with Crippen molar-refractivity contribution in [2.45, 2.75) is 12.5 Å². The SMILES string of the molecule is OC(CCN1CCNCC1)c1ccc(F)cc1F. The fourth-order valence-corrected chi connectivity index (χ4v) is 2.17. The van der Waals surface area contributed by atoms with Crippen molar-refractivity contribution in [3.05, 3.63) is 35.4 Å². The topological polar surface area (TPSA) is 35.5 Å². The third kappa shape index (κ3) is 3.48. The second kappa shape index (κ2) is 6.22. The van der Waals surface area contributed by atoms with E-state index in [0.717, 1.165) is 38.8 Å². The molecule has 3 nitrogen and oxygen atoms in total. The number of aliphatic hydroxyl groups is 1. The summed E-state index contributed by atoms with van der Waals surface area (Å²) in [6, 6.07) is 3.29. The van der Waals surface area contributed by atoms with Crippen LogP contribution in [0.15, 0.2) is 18.2 Å². The Morgan fingerprint density at radius 3 is 2.67 bits per heavy atom. The van der Waals surface area contributed by atoms with Crippen molar-refractivity contribution < 1.29 is 13.9 Å². The van der Waals surface area contributed by atoms with Crippen LogP contribution in [0.1, 0.15) is 18.1 Å². The zero-order chi connectivity index (χ0) is 13.0. The Kier molecular flexibility index (Phi) is 4.63. The van der Waals surface area contributed by atoms with Crippen molar-refractivity contribution in [2.24, 2.45) is 0 Å². The normalized spacial score (nSPS) is 18.8. The molecule has 0 saturated carbocycles. The van der Waals surface area contributed by atoms with Gasteiger partial charge in [0.15, 0.2) is 0 Å². The maximum Gasteiger partial charge on any atom is 0.131 e. The van der Waals surface area contributed by atoms with E-state index in [0.29, 0.717) is 6.42 Å². The van der Waals surface area contributed by atoms with Crippen LogP contribution in [0.3, 0.4) is 0 Å². The van der Waals surface area contributed by atoms with E-state index < -0.39 is 17.7 Å². The smallest absolute Gasteiger partial charge is 0.131 e. The molecule has 0 bridgehead atoms. The van der Waals surface area contributed by atoms with Gasteiger partial charge in [0.1, 0.15) is 11.6 Å². The molecule has 1 saturated heterocycles. The number of hydrogen-bond donors (Lipinski definition) is 2. The molecule has 5 heteroatoms. The van der Waals surface area contributed by atoms with Gasteiger partial charge in [0.25, 0.3) is 0 Å². The summed E-state index contributed by atoms with van der Waals surface area (Å²) in [6.07, 6.45) is -0.414. The highest BCUT2D eigenvalue weighted by Crippen LogP contribution is 2.21. The van der Waals surface area contributed by atoms with Crippen molar-refractivity contribution in [1.29, 1.82) is 0 Å². The lowest BCUT2D eigenvalue weighted by molar-refractivity contribution is 0.133. The number of nitrogens with one attached hydrogen (secondary N) is 1. The predicted octanol–water partition coefficient (Wildman–Crippen LogP) is 1.29. The number of nitrogens with zero attached hydrogens (tertiary/aromatic N) is 1. The summed E-state index contributed by atoms with van der Waals surface area (Å²) in [6.45, 7) is 4.50. The van der Waals surface area contributed by atoms with E-state index in [4.69, 9.17) is 0 Å². The number of aliphatic hydroxyl groups excluding tert-OH is 1. The summed E-state index contributed by atoms with van der Waals surface area (Å²) in [4.78, 5) is 2.22. The summed E-state index contributed by atoms with van der Waals surface area (Å²) in [5.41, 5.74) is 0.173. The van der Waals surface area contributed by atoms with Gasteiger partial charge in [-0.05, 0) is 12.5 Å². The summed E-state index contributed by atoms with van der Waals surface area (Å²) >= 11 is 0. The minimum atomic E-state index is -0.875. The second-order valence-electron chi connectivity index (χ2n) is 4.56. The van der Waals surface area contributed by atoms with E-state index >= 15 is 0 Å². The van der Waals surface area contributed by atoms with Crippen LogP contribution in [0.25, 0.3) is 0 Å². The van der Waals surface area contributed by atoms with Gasteiger partial charge >= 0.3 is 0 Å². The van der Waals surface area contributed by atoms with E-state index in [1.807, 2.05) is 0 Å². The Bertz CT molecular complexity index is 395. The zero-order valence-corrected chi connectivity index (χ0v) is 10.2. The summed E-state index contributed by atoms with van der Waals surface area (Å²) in [5, 5.41) is 13.2. The summed E-state index contributed by atoms with van der Waals surface area (Å²) in [5.74, 6) is -1.30. The monoisotopic (exact) mass is 256 g/mol. The van der Waals surface area contributed by atoms with Gasteiger partial charge in [0, 0.05) is 44.4 Å². The van der Waals surface area contributed by atoms with Crippen molar-refractivity contribution in [2.75, 3.05) is 32.7 Å². The first-order valence-corrected chi connectivity index (χ1v) is 6.23. The van der Waals surface area contributed by atoms with Crippen molar-refractivity contribution >= 4 is 0 Å². The third-order valence-electron chi connectivity index (χ3n) is 3.25. The zero-order valence-electron chi connectivity index (χ0n) is 10.2. The van der Waals surface area contributed by atoms with Gasteiger partial charge < -0.3 is 15.3 Å². The fourth-order valence-electron chi connectivity index (χ4n) is 2.17. The van der Waals surface area contributed by atoms with E-state index in [-0.39, 0.29) is 5.56 Å². The van der Waals surface area contributed by atoms with Crippen LogP contribution in [-0.2, 0) is 0 Å². The second-order valence-corrected chi connectivity index (χ2v) is 4.56. The highest BCUT2D eigenvalue weighted by molar-refractivity contribution is 5.20. The molecule has 1 heterocycles. The number of hydrogen-bond acceptors (Lipinski definition) is 3. The average molecular weight is 256 g/mol. The molecule has 1 fully saturated rings. The molecule has 0 amide bonds. The summed E-state index contributed by atoms with van der Waals surface area (Å²) in [7, 11) is 0. The Balaban J connectivity index is 1.88. The Labute approximate surface area is 105 Å². The molecule has 2 N–H and O–H groups in total. The highest BCUT2D eigenvalue weighted by atomic mass is 19.1.